The predicted octanol–water partition coefficient (Wildman–Crippen LogP) is 13.6. The van der Waals surface area contributed by atoms with Crippen LogP contribution < -0.4 is 0 Å². The molecule has 2 N–H and O–H groups in total. The minimum absolute atomic E-state index is 0.0345. The van der Waals surface area contributed by atoms with Gasteiger partial charge in [-0.2, -0.15) is 0 Å². The lowest BCUT2D eigenvalue weighted by Gasteiger charge is -2.34. The average Bonchev–Trinajstić information content (AvgIpc) is 3.14. The fourth-order valence-electron chi connectivity index (χ4n) is 9.32. The maximum absolute atomic E-state index is 13.4. The van der Waals surface area contributed by atoms with Gasteiger partial charge in [0, 0.05) is 5.92 Å². The van der Waals surface area contributed by atoms with Crippen LogP contribution in [0.5, 0.6) is 0 Å². The van der Waals surface area contributed by atoms with Crippen LogP contribution in [0.25, 0.3) is 0 Å². The van der Waals surface area contributed by atoms with Crippen LogP contribution in [0.2, 0.25) is 0 Å². The van der Waals surface area contributed by atoms with Crippen molar-refractivity contribution in [2.75, 3.05) is 52.9 Å². The summed E-state index contributed by atoms with van der Waals surface area (Å²) in [7, 11) is -9.27. The summed E-state index contributed by atoms with van der Waals surface area (Å²) in [6.45, 7) is 25.1. The smallest absolute Gasteiger partial charge is 0.381 e. The molecule has 0 aliphatic heterocycles. The van der Waals surface area contributed by atoms with E-state index in [4.69, 9.17) is 32.3 Å². The minimum atomic E-state index is -4.63. The van der Waals surface area contributed by atoms with Crippen molar-refractivity contribution in [1.29, 1.82) is 0 Å². The Labute approximate surface area is 357 Å². The first kappa shape index (κ1) is 58.1. The van der Waals surface area contributed by atoms with E-state index in [1.165, 1.54) is 0 Å². The molecule has 0 aromatic heterocycles. The van der Waals surface area contributed by atoms with Crippen molar-refractivity contribution in [2.24, 2.45) is 22.2 Å². The molecule has 0 bridgehead atoms. The molecule has 11 nitrogen and oxygen atoms in total. The highest BCUT2D eigenvalue weighted by Gasteiger charge is 2.35. The van der Waals surface area contributed by atoms with Crippen molar-refractivity contribution in [2.45, 2.75) is 217 Å². The third kappa shape index (κ3) is 25.3. The highest BCUT2D eigenvalue weighted by atomic mass is 31.2. The van der Waals surface area contributed by atoms with E-state index in [-0.39, 0.29) is 42.0 Å². The fourth-order valence-corrected chi connectivity index (χ4v) is 11.3. The Morgan fingerprint density at radius 2 is 0.707 bits per heavy atom. The van der Waals surface area contributed by atoms with Gasteiger partial charge in [-0.25, -0.2) is 9.13 Å². The standard InChI is InChI=1S/C45H94O11P2/c1-12-22-41(34-51-38-44(26-16-5,27-17-6)28-18-7)55-58(48,49)54-36-42(35-52-39-45(29-19-8,30-20-9)31-21-10)56-57(46,47)53-33-40(11)32-50-37-43(23-13-2,24-14-3)25-15-4/h40-42H,12-39H2,1-11H3,(H,46,47)(H,48,49). The monoisotopic (exact) mass is 873 g/mol. The van der Waals surface area contributed by atoms with Crippen LogP contribution in [0.3, 0.4) is 0 Å². The van der Waals surface area contributed by atoms with E-state index in [2.05, 4.69) is 62.3 Å². The van der Waals surface area contributed by atoms with Gasteiger partial charge in [0.05, 0.1) is 59.0 Å². The lowest BCUT2D eigenvalue weighted by Crippen LogP contribution is -2.32. The molecule has 0 heterocycles. The van der Waals surface area contributed by atoms with Crippen molar-refractivity contribution in [3.05, 3.63) is 0 Å². The summed E-state index contributed by atoms with van der Waals surface area (Å²) in [5.41, 5.74) is 0.192. The van der Waals surface area contributed by atoms with Crippen LogP contribution in [0.4, 0.5) is 0 Å². The highest BCUT2D eigenvalue weighted by Crippen LogP contribution is 2.49. The first-order valence-corrected chi connectivity index (χ1v) is 26.6. The Morgan fingerprint density at radius 3 is 1.03 bits per heavy atom. The van der Waals surface area contributed by atoms with E-state index in [0.717, 1.165) is 122 Å². The SMILES string of the molecule is CCCC(COCC(CCC)(CCC)CCC)OP(=O)(O)OCC(COCC(CCC)(CCC)CCC)OP(=O)(O)OCC(C)COCC(CCC)(CCC)CCC. The molecule has 5 unspecified atom stereocenters. The zero-order valence-corrected chi connectivity index (χ0v) is 41.3. The van der Waals surface area contributed by atoms with Gasteiger partial charge in [0.15, 0.2) is 0 Å². The molecular formula is C45H94O11P2. The maximum Gasteiger partial charge on any atom is 0.472 e. The van der Waals surface area contributed by atoms with Crippen molar-refractivity contribution >= 4 is 15.6 Å². The van der Waals surface area contributed by atoms with Gasteiger partial charge in [0.2, 0.25) is 0 Å². The third-order valence-corrected chi connectivity index (χ3v) is 13.5. The number of phosphoric acid groups is 2. The second-order valence-corrected chi connectivity index (χ2v) is 20.5. The number of ether oxygens (including phenoxy) is 3. The second kappa shape index (κ2) is 32.7. The molecule has 0 aliphatic rings. The van der Waals surface area contributed by atoms with Crippen LogP contribution in [-0.2, 0) is 41.4 Å². The minimum Gasteiger partial charge on any atom is -0.381 e. The maximum atomic E-state index is 13.4. The summed E-state index contributed by atoms with van der Waals surface area (Å²) in [6, 6.07) is 0. The molecule has 0 saturated carbocycles. The lowest BCUT2D eigenvalue weighted by molar-refractivity contribution is -0.0445. The second-order valence-electron chi connectivity index (χ2n) is 17.7. The summed E-state index contributed by atoms with van der Waals surface area (Å²) in [6.07, 6.45) is 18.4. The zero-order valence-electron chi connectivity index (χ0n) is 39.5. The van der Waals surface area contributed by atoms with E-state index in [0.29, 0.717) is 32.8 Å². The molecular weight excluding hydrogens is 778 g/mol. The molecule has 13 heteroatoms. The van der Waals surface area contributed by atoms with Gasteiger partial charge in [0.25, 0.3) is 0 Å². The number of hydrogen-bond acceptors (Lipinski definition) is 9. The summed E-state index contributed by atoms with van der Waals surface area (Å²) in [4.78, 5) is 21.8. The molecule has 0 spiro atoms. The van der Waals surface area contributed by atoms with Gasteiger partial charge < -0.3 is 24.0 Å². The molecule has 0 rings (SSSR count). The van der Waals surface area contributed by atoms with Gasteiger partial charge in [-0.1, -0.05) is 140 Å². The third-order valence-electron chi connectivity index (χ3n) is 11.4. The van der Waals surface area contributed by atoms with Crippen LogP contribution in [0, 0.1) is 22.2 Å². The van der Waals surface area contributed by atoms with Crippen molar-refractivity contribution in [3.8, 4) is 0 Å². The van der Waals surface area contributed by atoms with Gasteiger partial charge in [-0.3, -0.25) is 18.1 Å². The molecule has 0 aromatic carbocycles. The summed E-state index contributed by atoms with van der Waals surface area (Å²) >= 11 is 0. The van der Waals surface area contributed by atoms with Gasteiger partial charge in [-0.15, -0.1) is 0 Å². The normalized spacial score (nSPS) is 16.6. The Kier molecular flexibility index (Phi) is 32.8. The van der Waals surface area contributed by atoms with E-state index in [1.807, 2.05) is 13.8 Å². The van der Waals surface area contributed by atoms with Gasteiger partial charge in [0.1, 0.15) is 6.10 Å². The van der Waals surface area contributed by atoms with Crippen molar-refractivity contribution in [1.82, 2.24) is 0 Å². The number of rotatable bonds is 42. The zero-order chi connectivity index (χ0) is 44.0. The van der Waals surface area contributed by atoms with Gasteiger partial charge in [-0.05, 0) is 80.5 Å². The molecule has 5 atom stereocenters. The Morgan fingerprint density at radius 1 is 0.414 bits per heavy atom. The molecule has 0 fully saturated rings. The summed E-state index contributed by atoms with van der Waals surface area (Å²) in [5, 5.41) is 0. The van der Waals surface area contributed by atoms with Crippen LogP contribution in [0.1, 0.15) is 205 Å². The van der Waals surface area contributed by atoms with Crippen molar-refractivity contribution < 1.29 is 51.2 Å². The Hall–Kier alpha value is 0.1000. The Bertz CT molecular complexity index is 1030. The molecule has 0 saturated heterocycles. The number of hydrogen-bond donors (Lipinski definition) is 2. The topological polar surface area (TPSA) is 139 Å². The van der Waals surface area contributed by atoms with E-state index in [1.54, 1.807) is 0 Å². The van der Waals surface area contributed by atoms with Crippen molar-refractivity contribution in [3.63, 3.8) is 0 Å². The van der Waals surface area contributed by atoms with E-state index < -0.39 is 34.5 Å². The Balaban J connectivity index is 5.85. The number of phosphoric ester groups is 2. The van der Waals surface area contributed by atoms with Crippen LogP contribution in [0.15, 0.2) is 0 Å². The summed E-state index contributed by atoms with van der Waals surface area (Å²) in [5.74, 6) is -0.171. The van der Waals surface area contributed by atoms with E-state index in [9.17, 15) is 18.9 Å². The molecule has 350 valence electrons. The fraction of sp³-hybridized carbons (Fsp3) is 1.00. The molecule has 58 heavy (non-hydrogen) atoms. The predicted molar refractivity (Wildman–Crippen MR) is 239 cm³/mol. The molecule has 0 radical (unpaired) electrons. The van der Waals surface area contributed by atoms with E-state index >= 15 is 0 Å². The molecule has 0 aromatic rings. The van der Waals surface area contributed by atoms with Crippen LogP contribution in [-0.4, -0.2) is 74.8 Å². The quantitative estimate of drug-likeness (QED) is 0.0567. The first-order chi connectivity index (χ1) is 27.6. The lowest BCUT2D eigenvalue weighted by atomic mass is 9.76. The molecule has 0 amide bonds. The largest absolute Gasteiger partial charge is 0.472 e. The highest BCUT2D eigenvalue weighted by molar-refractivity contribution is 7.47. The first-order valence-electron chi connectivity index (χ1n) is 23.6. The average molecular weight is 873 g/mol. The van der Waals surface area contributed by atoms with Crippen LogP contribution >= 0.6 is 15.6 Å². The summed E-state index contributed by atoms with van der Waals surface area (Å²) < 4.78 is 67.7. The van der Waals surface area contributed by atoms with Gasteiger partial charge >= 0.3 is 15.6 Å². The molecule has 0 aliphatic carbocycles.